The number of rotatable bonds is 4. The molecule has 140 valence electrons. The molecule has 4 aromatic rings. The highest BCUT2D eigenvalue weighted by atomic mass is 15.3. The van der Waals surface area contributed by atoms with Gasteiger partial charge >= 0.3 is 0 Å². The quantitative estimate of drug-likeness (QED) is 0.550. The van der Waals surface area contributed by atoms with Crippen molar-refractivity contribution in [1.82, 2.24) is 29.5 Å². The summed E-state index contributed by atoms with van der Waals surface area (Å²) in [6.07, 6.45) is 11.8. The van der Waals surface area contributed by atoms with Gasteiger partial charge in [0.25, 0.3) is 0 Å². The molecule has 6 heteroatoms. The molecule has 0 spiro atoms. The van der Waals surface area contributed by atoms with E-state index in [1.165, 1.54) is 12.0 Å². The van der Waals surface area contributed by atoms with Crippen LogP contribution < -0.4 is 0 Å². The number of likely N-dealkylation sites (tertiary alicyclic amines) is 1. The van der Waals surface area contributed by atoms with Crippen molar-refractivity contribution in [1.29, 1.82) is 0 Å². The van der Waals surface area contributed by atoms with Crippen LogP contribution >= 0.6 is 0 Å². The van der Waals surface area contributed by atoms with Gasteiger partial charge in [-0.3, -0.25) is 14.9 Å². The van der Waals surface area contributed by atoms with E-state index in [1.54, 1.807) is 6.20 Å². The van der Waals surface area contributed by atoms with Crippen LogP contribution in [0.4, 0.5) is 0 Å². The molecule has 0 aliphatic carbocycles. The molecular formula is C22H22N6. The SMILES string of the molecule is c1cncc(CN2CCC[C@@H](c3nc4ccc(-c5cccnc5)cn4n3)C2)c1. The molecule has 1 saturated heterocycles. The van der Waals surface area contributed by atoms with E-state index in [4.69, 9.17) is 10.1 Å². The van der Waals surface area contributed by atoms with Crippen LogP contribution in [0.5, 0.6) is 0 Å². The Labute approximate surface area is 163 Å². The average molecular weight is 370 g/mol. The Morgan fingerprint density at radius 2 is 1.86 bits per heavy atom. The topological polar surface area (TPSA) is 59.2 Å². The van der Waals surface area contributed by atoms with E-state index >= 15 is 0 Å². The maximum Gasteiger partial charge on any atom is 0.156 e. The van der Waals surface area contributed by atoms with Crippen molar-refractivity contribution in [3.63, 3.8) is 0 Å². The van der Waals surface area contributed by atoms with Crippen LogP contribution in [0.1, 0.15) is 30.1 Å². The van der Waals surface area contributed by atoms with Crippen molar-refractivity contribution >= 4 is 5.65 Å². The molecule has 6 nitrogen and oxygen atoms in total. The lowest BCUT2D eigenvalue weighted by Crippen LogP contribution is -2.34. The number of pyridine rings is 3. The number of fused-ring (bicyclic) bond motifs is 1. The van der Waals surface area contributed by atoms with E-state index < -0.39 is 0 Å². The van der Waals surface area contributed by atoms with Crippen LogP contribution in [0, 0.1) is 0 Å². The van der Waals surface area contributed by atoms with Crippen molar-refractivity contribution in [2.75, 3.05) is 13.1 Å². The predicted molar refractivity (Wildman–Crippen MR) is 108 cm³/mol. The van der Waals surface area contributed by atoms with Crippen LogP contribution in [0.15, 0.2) is 67.4 Å². The summed E-state index contributed by atoms with van der Waals surface area (Å²) in [7, 11) is 0. The zero-order chi connectivity index (χ0) is 18.8. The number of hydrogen-bond acceptors (Lipinski definition) is 5. The molecule has 0 amide bonds. The summed E-state index contributed by atoms with van der Waals surface area (Å²) < 4.78 is 1.90. The molecule has 0 N–H and O–H groups in total. The van der Waals surface area contributed by atoms with Gasteiger partial charge in [0.15, 0.2) is 11.5 Å². The maximum atomic E-state index is 4.81. The summed E-state index contributed by atoms with van der Waals surface area (Å²) in [4.78, 5) is 15.7. The van der Waals surface area contributed by atoms with E-state index in [9.17, 15) is 0 Å². The fraction of sp³-hybridized carbons (Fsp3) is 0.273. The maximum absolute atomic E-state index is 4.81. The predicted octanol–water partition coefficient (Wildman–Crippen LogP) is 3.57. The molecule has 0 unspecified atom stereocenters. The Balaban J connectivity index is 1.36. The Morgan fingerprint density at radius 1 is 0.964 bits per heavy atom. The zero-order valence-electron chi connectivity index (χ0n) is 15.6. The lowest BCUT2D eigenvalue weighted by molar-refractivity contribution is 0.196. The number of hydrogen-bond donors (Lipinski definition) is 0. The summed E-state index contributed by atoms with van der Waals surface area (Å²) in [6, 6.07) is 12.3. The highest BCUT2D eigenvalue weighted by Gasteiger charge is 2.24. The Bertz CT molecular complexity index is 1060. The minimum atomic E-state index is 0.368. The lowest BCUT2D eigenvalue weighted by Gasteiger charge is -2.31. The number of aromatic nitrogens is 5. The monoisotopic (exact) mass is 370 g/mol. The molecule has 0 radical (unpaired) electrons. The van der Waals surface area contributed by atoms with Gasteiger partial charge in [-0.25, -0.2) is 9.50 Å². The minimum absolute atomic E-state index is 0.368. The van der Waals surface area contributed by atoms with Crippen LogP contribution in [-0.2, 0) is 6.54 Å². The van der Waals surface area contributed by atoms with Gasteiger partial charge in [0.2, 0.25) is 0 Å². The molecule has 0 bridgehead atoms. The van der Waals surface area contributed by atoms with Gasteiger partial charge in [-0.15, -0.1) is 0 Å². The fourth-order valence-electron chi connectivity index (χ4n) is 3.94. The normalized spacial score (nSPS) is 17.8. The number of nitrogens with zero attached hydrogens (tertiary/aromatic N) is 6. The molecule has 1 aliphatic heterocycles. The Morgan fingerprint density at radius 3 is 2.68 bits per heavy atom. The third kappa shape index (κ3) is 3.51. The Kier molecular flexibility index (Phi) is 4.54. The van der Waals surface area contributed by atoms with Gasteiger partial charge < -0.3 is 0 Å². The van der Waals surface area contributed by atoms with Crippen LogP contribution in [0.25, 0.3) is 16.8 Å². The van der Waals surface area contributed by atoms with E-state index in [1.807, 2.05) is 47.5 Å². The second-order valence-corrected chi connectivity index (χ2v) is 7.37. The lowest BCUT2D eigenvalue weighted by atomic mass is 9.97. The van der Waals surface area contributed by atoms with E-state index in [2.05, 4.69) is 33.1 Å². The first kappa shape index (κ1) is 17.0. The molecule has 0 saturated carbocycles. The summed E-state index contributed by atoms with van der Waals surface area (Å²) in [5, 5.41) is 4.81. The molecule has 0 aromatic carbocycles. The van der Waals surface area contributed by atoms with Crippen molar-refractivity contribution in [3.05, 3.63) is 78.8 Å². The molecular weight excluding hydrogens is 348 g/mol. The van der Waals surface area contributed by atoms with E-state index in [-0.39, 0.29) is 0 Å². The second-order valence-electron chi connectivity index (χ2n) is 7.37. The van der Waals surface area contributed by atoms with Crippen molar-refractivity contribution in [2.24, 2.45) is 0 Å². The van der Waals surface area contributed by atoms with Gasteiger partial charge in [0.05, 0.1) is 0 Å². The standard InChI is InChI=1S/C22H22N6/c1-4-17(12-23-9-1)14-27-11-3-6-20(15-27)22-25-21-8-7-19(16-28(21)26-22)18-5-2-10-24-13-18/h1-2,4-5,7-10,12-13,16,20H,3,6,11,14-15H2/t20-/m1/s1. The summed E-state index contributed by atoms with van der Waals surface area (Å²) >= 11 is 0. The van der Waals surface area contributed by atoms with E-state index in [0.29, 0.717) is 5.92 Å². The second kappa shape index (κ2) is 7.48. The molecule has 28 heavy (non-hydrogen) atoms. The van der Waals surface area contributed by atoms with Gasteiger partial charge in [-0.2, -0.15) is 5.10 Å². The largest absolute Gasteiger partial charge is 0.298 e. The van der Waals surface area contributed by atoms with Crippen molar-refractivity contribution in [2.45, 2.75) is 25.3 Å². The highest BCUT2D eigenvalue weighted by Crippen LogP contribution is 2.27. The third-order valence-corrected chi connectivity index (χ3v) is 5.34. The first-order valence-electron chi connectivity index (χ1n) is 9.73. The Hall–Kier alpha value is -3.12. The van der Waals surface area contributed by atoms with Crippen molar-refractivity contribution in [3.8, 4) is 11.1 Å². The smallest absolute Gasteiger partial charge is 0.156 e. The summed E-state index contributed by atoms with van der Waals surface area (Å²) in [6.45, 7) is 3.04. The van der Waals surface area contributed by atoms with Crippen molar-refractivity contribution < 1.29 is 0 Å². The summed E-state index contributed by atoms with van der Waals surface area (Å²) in [5.74, 6) is 1.31. The van der Waals surface area contributed by atoms with Gasteiger partial charge in [-0.05, 0) is 49.2 Å². The fourth-order valence-corrected chi connectivity index (χ4v) is 3.94. The first-order valence-corrected chi connectivity index (χ1v) is 9.73. The van der Waals surface area contributed by atoms with Crippen LogP contribution in [0.3, 0.4) is 0 Å². The highest BCUT2D eigenvalue weighted by molar-refractivity contribution is 5.63. The molecule has 1 aliphatic rings. The summed E-state index contributed by atoms with van der Waals surface area (Å²) in [5.41, 5.74) is 4.33. The molecule has 5 rings (SSSR count). The average Bonchev–Trinajstić information content (AvgIpc) is 3.19. The van der Waals surface area contributed by atoms with Gasteiger partial charge in [0.1, 0.15) is 0 Å². The van der Waals surface area contributed by atoms with Crippen LogP contribution in [-0.4, -0.2) is 42.6 Å². The van der Waals surface area contributed by atoms with E-state index in [0.717, 1.165) is 48.7 Å². The third-order valence-electron chi connectivity index (χ3n) is 5.34. The molecule has 1 atom stereocenters. The molecule has 4 aromatic heterocycles. The van der Waals surface area contributed by atoms with Crippen LogP contribution in [0.2, 0.25) is 0 Å². The molecule has 1 fully saturated rings. The molecule has 5 heterocycles. The zero-order valence-corrected chi connectivity index (χ0v) is 15.6. The number of piperidine rings is 1. The van der Waals surface area contributed by atoms with Gasteiger partial charge in [0, 0.05) is 61.1 Å². The minimum Gasteiger partial charge on any atom is -0.298 e. The van der Waals surface area contributed by atoms with Gasteiger partial charge in [-0.1, -0.05) is 12.1 Å². The first-order chi connectivity index (χ1) is 13.8.